The molecule has 0 fully saturated rings. The molecule has 0 rings (SSSR count). The highest BCUT2D eigenvalue weighted by Crippen LogP contribution is 2.05. The van der Waals surface area contributed by atoms with Crippen molar-refractivity contribution in [1.82, 2.24) is 0 Å². The van der Waals surface area contributed by atoms with Crippen molar-refractivity contribution in [1.29, 1.82) is 0 Å². The first-order valence-corrected chi connectivity index (χ1v) is 6.59. The Kier molecular flexibility index (Phi) is 13.5. The Balaban J connectivity index is 3.37. The van der Waals surface area contributed by atoms with Crippen LogP contribution in [-0.4, -0.2) is 5.94 Å². The molecule has 94 valence electrons. The fourth-order valence-electron chi connectivity index (χ4n) is 1.44. The molecule has 0 saturated carbocycles. The van der Waals surface area contributed by atoms with Crippen molar-refractivity contribution in [2.45, 2.75) is 51.9 Å². The number of rotatable bonds is 10. The Morgan fingerprint density at radius 3 is 2.29 bits per heavy atom. The molecule has 0 saturated heterocycles. The van der Waals surface area contributed by atoms with Crippen molar-refractivity contribution in [3.05, 3.63) is 42.5 Å². The lowest BCUT2D eigenvalue weighted by Crippen LogP contribution is -1.75. The van der Waals surface area contributed by atoms with Gasteiger partial charge in [0.15, 0.2) is 0 Å². The predicted molar refractivity (Wildman–Crippen MR) is 75.7 cm³/mol. The molecule has 0 heterocycles. The molecule has 0 N–H and O–H groups in total. The largest absolute Gasteiger partial charge is 0.234 e. The van der Waals surface area contributed by atoms with E-state index in [9.17, 15) is 4.79 Å². The molecule has 0 amide bonds. The molecular weight excluding hydrogens is 208 g/mol. The van der Waals surface area contributed by atoms with Crippen molar-refractivity contribution in [3.63, 3.8) is 0 Å². The van der Waals surface area contributed by atoms with Gasteiger partial charge in [0.2, 0.25) is 0 Å². The SMILES string of the molecule is CCCCCCC/C=C/C=C/C=C/CC=C=O. The Hall–Kier alpha value is -1.33. The van der Waals surface area contributed by atoms with E-state index in [0.717, 1.165) is 0 Å². The summed E-state index contributed by atoms with van der Waals surface area (Å²) in [4.78, 5) is 9.86. The first-order chi connectivity index (χ1) is 8.41. The van der Waals surface area contributed by atoms with E-state index in [0.29, 0.717) is 6.42 Å². The zero-order valence-corrected chi connectivity index (χ0v) is 10.9. The maximum Gasteiger partial charge on any atom is 0.120 e. The van der Waals surface area contributed by atoms with E-state index in [2.05, 4.69) is 19.1 Å². The quantitative estimate of drug-likeness (QED) is 0.300. The Bertz CT molecular complexity index is 278. The van der Waals surface area contributed by atoms with Crippen LogP contribution in [-0.2, 0) is 4.79 Å². The van der Waals surface area contributed by atoms with Crippen LogP contribution in [0.5, 0.6) is 0 Å². The summed E-state index contributed by atoms with van der Waals surface area (Å²) in [6.45, 7) is 2.24. The summed E-state index contributed by atoms with van der Waals surface area (Å²) in [5, 5.41) is 0. The van der Waals surface area contributed by atoms with Crippen LogP contribution < -0.4 is 0 Å². The van der Waals surface area contributed by atoms with E-state index in [-0.39, 0.29) is 0 Å². The van der Waals surface area contributed by atoms with Crippen LogP contribution in [0.4, 0.5) is 0 Å². The van der Waals surface area contributed by atoms with Crippen LogP contribution >= 0.6 is 0 Å². The third kappa shape index (κ3) is 14.7. The summed E-state index contributed by atoms with van der Waals surface area (Å²) >= 11 is 0. The Morgan fingerprint density at radius 1 is 0.882 bits per heavy atom. The molecule has 0 bridgehead atoms. The molecule has 0 radical (unpaired) electrons. The normalized spacial score (nSPS) is 11.6. The van der Waals surface area contributed by atoms with Crippen molar-refractivity contribution in [3.8, 4) is 0 Å². The second-order valence-corrected chi connectivity index (χ2v) is 4.00. The molecule has 1 nitrogen and oxygen atoms in total. The summed E-state index contributed by atoms with van der Waals surface area (Å²) in [6, 6.07) is 0. The van der Waals surface area contributed by atoms with Crippen molar-refractivity contribution >= 4 is 5.94 Å². The molecule has 1 heteroatoms. The third-order valence-corrected chi connectivity index (χ3v) is 2.42. The molecule has 0 aliphatic carbocycles. The van der Waals surface area contributed by atoms with Gasteiger partial charge in [0, 0.05) is 6.08 Å². The molecule has 0 aromatic rings. The number of allylic oxidation sites excluding steroid dienone is 7. The zero-order valence-electron chi connectivity index (χ0n) is 10.9. The zero-order chi connectivity index (χ0) is 12.6. The Morgan fingerprint density at radius 2 is 1.59 bits per heavy atom. The number of hydrogen-bond acceptors (Lipinski definition) is 1. The first kappa shape index (κ1) is 15.7. The first-order valence-electron chi connectivity index (χ1n) is 6.59. The predicted octanol–water partition coefficient (Wildman–Crippen LogP) is 4.79. The number of unbranched alkanes of at least 4 members (excludes halogenated alkanes) is 5. The van der Waals surface area contributed by atoms with Gasteiger partial charge in [0.05, 0.1) is 0 Å². The van der Waals surface area contributed by atoms with E-state index in [1.807, 2.05) is 24.3 Å². The lowest BCUT2D eigenvalue weighted by Gasteiger charge is -1.95. The molecule has 0 atom stereocenters. The summed E-state index contributed by atoms with van der Waals surface area (Å²) < 4.78 is 0. The topological polar surface area (TPSA) is 17.1 Å². The molecule has 0 aliphatic heterocycles. The third-order valence-electron chi connectivity index (χ3n) is 2.42. The fourth-order valence-corrected chi connectivity index (χ4v) is 1.44. The van der Waals surface area contributed by atoms with Crippen LogP contribution in [0.15, 0.2) is 42.5 Å². The van der Waals surface area contributed by atoms with Gasteiger partial charge < -0.3 is 0 Å². The van der Waals surface area contributed by atoms with E-state index in [1.165, 1.54) is 44.6 Å². The fraction of sp³-hybridized carbons (Fsp3) is 0.500. The van der Waals surface area contributed by atoms with Crippen molar-refractivity contribution in [2.75, 3.05) is 0 Å². The molecule has 0 aromatic heterocycles. The summed E-state index contributed by atoms with van der Waals surface area (Å²) in [6.07, 6.45) is 22.2. The molecule has 0 aliphatic rings. The number of carbonyl (C=O) groups excluding carboxylic acids is 1. The van der Waals surface area contributed by atoms with Crippen LogP contribution in [0.1, 0.15) is 51.9 Å². The minimum atomic E-state index is 0.662. The van der Waals surface area contributed by atoms with Gasteiger partial charge in [0.25, 0.3) is 0 Å². The molecule has 0 unspecified atom stereocenters. The minimum Gasteiger partial charge on any atom is -0.234 e. The van der Waals surface area contributed by atoms with Gasteiger partial charge in [-0.15, -0.1) is 0 Å². The van der Waals surface area contributed by atoms with E-state index < -0.39 is 0 Å². The summed E-state index contributed by atoms with van der Waals surface area (Å²) in [7, 11) is 0. The highest BCUT2D eigenvalue weighted by Gasteiger charge is 1.85. The monoisotopic (exact) mass is 232 g/mol. The van der Waals surface area contributed by atoms with Gasteiger partial charge in [-0.3, -0.25) is 0 Å². The van der Waals surface area contributed by atoms with Crippen LogP contribution in [0.25, 0.3) is 0 Å². The minimum absolute atomic E-state index is 0.662. The summed E-state index contributed by atoms with van der Waals surface area (Å²) in [5.41, 5.74) is 0. The summed E-state index contributed by atoms with van der Waals surface area (Å²) in [5.74, 6) is 1.74. The second kappa shape index (κ2) is 14.7. The van der Waals surface area contributed by atoms with Gasteiger partial charge >= 0.3 is 0 Å². The van der Waals surface area contributed by atoms with E-state index >= 15 is 0 Å². The number of hydrogen-bond donors (Lipinski definition) is 0. The standard InChI is InChI=1S/C16H24O/c1-2-3-4-5-6-7-8-9-10-11-12-13-14-15-16-17/h8-13,15H,2-7,14H2,1H3/b9-8+,11-10+,13-12+. The maximum atomic E-state index is 9.86. The molecule has 0 spiro atoms. The van der Waals surface area contributed by atoms with Gasteiger partial charge in [0.1, 0.15) is 5.94 Å². The van der Waals surface area contributed by atoms with Crippen LogP contribution in [0, 0.1) is 0 Å². The van der Waals surface area contributed by atoms with Gasteiger partial charge in [-0.1, -0.05) is 69.1 Å². The van der Waals surface area contributed by atoms with Gasteiger partial charge in [-0.05, 0) is 19.3 Å². The molecule has 17 heavy (non-hydrogen) atoms. The maximum absolute atomic E-state index is 9.86. The smallest absolute Gasteiger partial charge is 0.120 e. The average molecular weight is 232 g/mol. The van der Waals surface area contributed by atoms with Crippen LogP contribution in [0.3, 0.4) is 0 Å². The highest BCUT2D eigenvalue weighted by atomic mass is 16.1. The molecular formula is C16H24O. The highest BCUT2D eigenvalue weighted by molar-refractivity contribution is 5.45. The van der Waals surface area contributed by atoms with E-state index in [1.54, 1.807) is 5.94 Å². The van der Waals surface area contributed by atoms with Gasteiger partial charge in [-0.25, -0.2) is 4.79 Å². The van der Waals surface area contributed by atoms with Gasteiger partial charge in [-0.2, -0.15) is 0 Å². The van der Waals surface area contributed by atoms with E-state index in [4.69, 9.17) is 0 Å². The lowest BCUT2D eigenvalue weighted by atomic mass is 10.1. The van der Waals surface area contributed by atoms with Crippen molar-refractivity contribution < 1.29 is 4.79 Å². The second-order valence-electron chi connectivity index (χ2n) is 4.00. The molecule has 0 aromatic carbocycles. The average Bonchev–Trinajstić information content (AvgIpc) is 2.35. The lowest BCUT2D eigenvalue weighted by molar-refractivity contribution is 0.568. The van der Waals surface area contributed by atoms with Crippen molar-refractivity contribution in [2.24, 2.45) is 0 Å². The Labute approximate surface area is 106 Å². The van der Waals surface area contributed by atoms with Crippen LogP contribution in [0.2, 0.25) is 0 Å².